The standard InChI is InChI=1S/C14H17NO2.ClH/c1-2-17-13-8-7-10-5-3-4-6-11(10)14(13)12(15)9-16;/h3-8,12,16H,2,9,15H2,1H3;1H/t12-;/m0./s1. The summed E-state index contributed by atoms with van der Waals surface area (Å²) in [7, 11) is 0. The number of hydrogen-bond donors (Lipinski definition) is 2. The Morgan fingerprint density at radius 3 is 2.61 bits per heavy atom. The molecule has 2 aromatic carbocycles. The smallest absolute Gasteiger partial charge is 0.124 e. The minimum absolute atomic E-state index is 0. The van der Waals surface area contributed by atoms with Crippen LogP contribution in [0.2, 0.25) is 0 Å². The maximum absolute atomic E-state index is 9.26. The number of hydrogen-bond acceptors (Lipinski definition) is 3. The van der Waals surface area contributed by atoms with Gasteiger partial charge in [-0.15, -0.1) is 12.4 Å². The van der Waals surface area contributed by atoms with Crippen molar-refractivity contribution in [1.29, 1.82) is 0 Å². The van der Waals surface area contributed by atoms with Crippen LogP contribution in [-0.2, 0) is 0 Å². The lowest BCUT2D eigenvalue weighted by atomic mass is 9.98. The zero-order valence-corrected chi connectivity index (χ0v) is 11.1. The molecular weight excluding hydrogens is 250 g/mol. The van der Waals surface area contributed by atoms with Gasteiger partial charge in [-0.3, -0.25) is 0 Å². The van der Waals surface area contributed by atoms with E-state index in [9.17, 15) is 5.11 Å². The van der Waals surface area contributed by atoms with E-state index in [4.69, 9.17) is 10.5 Å². The van der Waals surface area contributed by atoms with Crippen molar-refractivity contribution in [2.75, 3.05) is 13.2 Å². The zero-order chi connectivity index (χ0) is 12.3. The highest BCUT2D eigenvalue weighted by atomic mass is 35.5. The van der Waals surface area contributed by atoms with E-state index in [-0.39, 0.29) is 19.0 Å². The Labute approximate surface area is 113 Å². The molecule has 0 fully saturated rings. The summed E-state index contributed by atoms with van der Waals surface area (Å²) < 4.78 is 5.58. The van der Waals surface area contributed by atoms with Crippen LogP contribution in [0.1, 0.15) is 18.5 Å². The second-order valence-electron chi connectivity index (χ2n) is 3.92. The summed E-state index contributed by atoms with van der Waals surface area (Å²) in [6, 6.07) is 11.5. The first kappa shape index (κ1) is 14.8. The minimum Gasteiger partial charge on any atom is -0.494 e. The fourth-order valence-corrected chi connectivity index (χ4v) is 2.03. The predicted molar refractivity (Wildman–Crippen MR) is 76.4 cm³/mol. The molecule has 0 radical (unpaired) electrons. The number of rotatable bonds is 4. The van der Waals surface area contributed by atoms with Crippen molar-refractivity contribution >= 4 is 23.2 Å². The Morgan fingerprint density at radius 2 is 1.94 bits per heavy atom. The van der Waals surface area contributed by atoms with Crippen LogP contribution in [-0.4, -0.2) is 18.3 Å². The van der Waals surface area contributed by atoms with Crippen molar-refractivity contribution in [3.05, 3.63) is 42.0 Å². The Balaban J connectivity index is 0.00000162. The molecule has 98 valence electrons. The van der Waals surface area contributed by atoms with Gasteiger partial charge in [-0.25, -0.2) is 0 Å². The van der Waals surface area contributed by atoms with Gasteiger partial charge in [-0.05, 0) is 23.8 Å². The van der Waals surface area contributed by atoms with Crippen LogP contribution in [0.25, 0.3) is 10.8 Å². The highest BCUT2D eigenvalue weighted by molar-refractivity contribution is 5.88. The fourth-order valence-electron chi connectivity index (χ4n) is 2.03. The lowest BCUT2D eigenvalue weighted by Crippen LogP contribution is -2.16. The monoisotopic (exact) mass is 267 g/mol. The SMILES string of the molecule is CCOc1ccc2ccccc2c1[C@@H](N)CO.Cl. The van der Waals surface area contributed by atoms with Gasteiger partial charge in [0.25, 0.3) is 0 Å². The number of aliphatic hydroxyl groups excluding tert-OH is 1. The summed E-state index contributed by atoms with van der Waals surface area (Å²) in [5.41, 5.74) is 6.84. The fraction of sp³-hybridized carbons (Fsp3) is 0.286. The van der Waals surface area contributed by atoms with Crippen molar-refractivity contribution < 1.29 is 9.84 Å². The summed E-state index contributed by atoms with van der Waals surface area (Å²) in [6.07, 6.45) is 0. The average Bonchev–Trinajstić information content (AvgIpc) is 2.38. The molecule has 0 saturated carbocycles. The number of benzene rings is 2. The van der Waals surface area contributed by atoms with Gasteiger partial charge in [-0.1, -0.05) is 30.3 Å². The summed E-state index contributed by atoms with van der Waals surface area (Å²) >= 11 is 0. The van der Waals surface area contributed by atoms with Gasteiger partial charge in [0.05, 0.1) is 19.3 Å². The van der Waals surface area contributed by atoms with Gasteiger partial charge in [0.15, 0.2) is 0 Å². The molecule has 3 nitrogen and oxygen atoms in total. The number of halogens is 1. The maximum Gasteiger partial charge on any atom is 0.124 e. The maximum atomic E-state index is 9.26. The summed E-state index contributed by atoms with van der Waals surface area (Å²) in [5.74, 6) is 0.757. The van der Waals surface area contributed by atoms with E-state index in [0.29, 0.717) is 6.61 Å². The van der Waals surface area contributed by atoms with Crippen LogP contribution in [0.3, 0.4) is 0 Å². The van der Waals surface area contributed by atoms with Crippen molar-refractivity contribution in [1.82, 2.24) is 0 Å². The van der Waals surface area contributed by atoms with Crippen LogP contribution in [0.4, 0.5) is 0 Å². The van der Waals surface area contributed by atoms with E-state index in [0.717, 1.165) is 22.1 Å². The first-order valence-electron chi connectivity index (χ1n) is 5.78. The largest absolute Gasteiger partial charge is 0.494 e. The van der Waals surface area contributed by atoms with Crippen LogP contribution < -0.4 is 10.5 Å². The molecule has 0 aliphatic carbocycles. The molecule has 0 aliphatic heterocycles. The van der Waals surface area contributed by atoms with E-state index in [1.54, 1.807) is 0 Å². The highest BCUT2D eigenvalue weighted by Gasteiger charge is 2.14. The summed E-state index contributed by atoms with van der Waals surface area (Å²) in [5, 5.41) is 11.4. The van der Waals surface area contributed by atoms with Crippen molar-refractivity contribution in [3.8, 4) is 5.75 Å². The van der Waals surface area contributed by atoms with Crippen LogP contribution >= 0.6 is 12.4 Å². The van der Waals surface area contributed by atoms with Crippen LogP contribution in [0, 0.1) is 0 Å². The average molecular weight is 268 g/mol. The molecule has 0 aromatic heterocycles. The lowest BCUT2D eigenvalue weighted by molar-refractivity contribution is 0.262. The Morgan fingerprint density at radius 1 is 1.22 bits per heavy atom. The molecule has 0 aliphatic rings. The molecule has 18 heavy (non-hydrogen) atoms. The van der Waals surface area contributed by atoms with E-state index in [2.05, 4.69) is 0 Å². The van der Waals surface area contributed by atoms with Gasteiger partial charge in [-0.2, -0.15) is 0 Å². The van der Waals surface area contributed by atoms with Crippen molar-refractivity contribution in [2.45, 2.75) is 13.0 Å². The van der Waals surface area contributed by atoms with E-state index >= 15 is 0 Å². The Kier molecular flexibility index (Phi) is 5.41. The Hall–Kier alpha value is -1.29. The van der Waals surface area contributed by atoms with E-state index < -0.39 is 6.04 Å². The molecule has 0 bridgehead atoms. The summed E-state index contributed by atoms with van der Waals surface area (Å²) in [4.78, 5) is 0. The summed E-state index contributed by atoms with van der Waals surface area (Å²) in [6.45, 7) is 2.43. The molecule has 2 rings (SSSR count). The molecule has 1 atom stereocenters. The normalized spacial score (nSPS) is 11.9. The number of nitrogens with two attached hydrogens (primary N) is 1. The van der Waals surface area contributed by atoms with Crippen LogP contribution in [0.5, 0.6) is 5.75 Å². The third-order valence-electron chi connectivity index (χ3n) is 2.80. The van der Waals surface area contributed by atoms with Gasteiger partial charge in [0.2, 0.25) is 0 Å². The number of aliphatic hydroxyl groups is 1. The topological polar surface area (TPSA) is 55.5 Å². The minimum atomic E-state index is -0.414. The van der Waals surface area contributed by atoms with Gasteiger partial charge in [0.1, 0.15) is 5.75 Å². The second-order valence-corrected chi connectivity index (χ2v) is 3.92. The third kappa shape index (κ3) is 2.75. The van der Waals surface area contributed by atoms with Gasteiger partial charge >= 0.3 is 0 Å². The van der Waals surface area contributed by atoms with Gasteiger partial charge in [0, 0.05) is 5.56 Å². The molecule has 2 aromatic rings. The van der Waals surface area contributed by atoms with Crippen molar-refractivity contribution in [2.24, 2.45) is 5.73 Å². The molecule has 3 N–H and O–H groups in total. The van der Waals surface area contributed by atoms with Crippen molar-refractivity contribution in [3.63, 3.8) is 0 Å². The molecule has 4 heteroatoms. The first-order valence-corrected chi connectivity index (χ1v) is 5.78. The lowest BCUT2D eigenvalue weighted by Gasteiger charge is -2.17. The Bertz CT molecular complexity index is 516. The molecular formula is C14H18ClNO2. The second kappa shape index (κ2) is 6.59. The molecule has 0 heterocycles. The van der Waals surface area contributed by atoms with Gasteiger partial charge < -0.3 is 15.6 Å². The molecule has 0 saturated heterocycles. The predicted octanol–water partition coefficient (Wildman–Crippen LogP) is 2.65. The quantitative estimate of drug-likeness (QED) is 0.895. The zero-order valence-electron chi connectivity index (χ0n) is 10.3. The molecule has 0 amide bonds. The molecule has 0 spiro atoms. The van der Waals surface area contributed by atoms with Crippen LogP contribution in [0.15, 0.2) is 36.4 Å². The third-order valence-corrected chi connectivity index (χ3v) is 2.80. The first-order chi connectivity index (χ1) is 8.27. The highest BCUT2D eigenvalue weighted by Crippen LogP contribution is 2.32. The number of ether oxygens (including phenoxy) is 1. The number of fused-ring (bicyclic) bond motifs is 1. The van der Waals surface area contributed by atoms with E-state index in [1.165, 1.54) is 0 Å². The molecule has 0 unspecified atom stereocenters. The van der Waals surface area contributed by atoms with E-state index in [1.807, 2.05) is 43.3 Å².